The number of rotatable bonds is 7. The number of hydrogen-bond acceptors (Lipinski definition) is 5. The molecule has 2 fully saturated rings. The van der Waals surface area contributed by atoms with Gasteiger partial charge in [-0.1, -0.05) is 6.92 Å². The van der Waals surface area contributed by atoms with Crippen LogP contribution in [-0.2, 0) is 6.54 Å². The molecule has 5 nitrogen and oxygen atoms in total. The zero-order valence-electron chi connectivity index (χ0n) is 14.0. The van der Waals surface area contributed by atoms with Crippen molar-refractivity contribution in [2.24, 2.45) is 17.6 Å². The molecule has 0 unspecified atom stereocenters. The molecule has 0 aliphatic heterocycles. The lowest BCUT2D eigenvalue weighted by Crippen LogP contribution is -2.37. The highest BCUT2D eigenvalue weighted by atomic mass is 14.9. The third kappa shape index (κ3) is 3.55. The van der Waals surface area contributed by atoms with Gasteiger partial charge in [0.25, 0.3) is 0 Å². The summed E-state index contributed by atoms with van der Waals surface area (Å²) in [4.78, 5) is 4.56. The Hall–Kier alpha value is -1.88. The molecule has 0 radical (unpaired) electrons. The van der Waals surface area contributed by atoms with E-state index in [2.05, 4.69) is 22.5 Å². The minimum atomic E-state index is 0.400. The zero-order chi connectivity index (χ0) is 16.4. The third-order valence-corrected chi connectivity index (χ3v) is 4.86. The maximum Gasteiger partial charge on any atom is 0.0755 e. The van der Waals surface area contributed by atoms with E-state index in [0.29, 0.717) is 24.2 Å². The molecule has 124 valence electrons. The number of allylic oxidation sites excluding steroid dienone is 1. The topological polar surface area (TPSA) is 86.8 Å². The standard InChI is InChI=1S/C18H27N5/c1-11-5-14(6-11)22-10-15(18(20)12-3-4-12)17-7-16(21-2)13(8-19)9-23-17/h7,9-12,14,20,22H,3-6,8,19H2,1-2H3,(H,21,23)/b15-10-,20-18?. The smallest absolute Gasteiger partial charge is 0.0755 e. The van der Waals surface area contributed by atoms with Gasteiger partial charge in [0.2, 0.25) is 0 Å². The Morgan fingerprint density at radius 3 is 2.74 bits per heavy atom. The molecule has 0 saturated heterocycles. The van der Waals surface area contributed by atoms with Gasteiger partial charge in [0.15, 0.2) is 0 Å². The van der Waals surface area contributed by atoms with Gasteiger partial charge in [-0.3, -0.25) is 4.98 Å². The first-order valence-electron chi connectivity index (χ1n) is 8.54. The van der Waals surface area contributed by atoms with Crippen LogP contribution in [0.15, 0.2) is 18.5 Å². The van der Waals surface area contributed by atoms with Crippen LogP contribution in [0.3, 0.4) is 0 Å². The second-order valence-corrected chi connectivity index (χ2v) is 6.87. The molecule has 2 aliphatic carbocycles. The van der Waals surface area contributed by atoms with E-state index in [0.717, 1.165) is 41.3 Å². The Morgan fingerprint density at radius 1 is 1.43 bits per heavy atom. The van der Waals surface area contributed by atoms with Crippen molar-refractivity contribution in [1.29, 1.82) is 5.41 Å². The average Bonchev–Trinajstić information content (AvgIpc) is 3.37. The van der Waals surface area contributed by atoms with Gasteiger partial charge in [-0.05, 0) is 37.7 Å². The highest BCUT2D eigenvalue weighted by molar-refractivity contribution is 6.23. The number of hydrogen-bond donors (Lipinski definition) is 4. The highest BCUT2D eigenvalue weighted by Crippen LogP contribution is 2.36. The first kappa shape index (κ1) is 16.0. The summed E-state index contributed by atoms with van der Waals surface area (Å²) in [6.07, 6.45) is 8.50. The fourth-order valence-corrected chi connectivity index (χ4v) is 3.15. The van der Waals surface area contributed by atoms with Crippen LogP contribution in [0.5, 0.6) is 0 Å². The maximum atomic E-state index is 8.49. The van der Waals surface area contributed by atoms with Crippen LogP contribution < -0.4 is 16.4 Å². The lowest BCUT2D eigenvalue weighted by molar-refractivity contribution is 0.261. The van der Waals surface area contributed by atoms with Crippen molar-refractivity contribution < 1.29 is 0 Å². The van der Waals surface area contributed by atoms with Gasteiger partial charge in [-0.2, -0.15) is 0 Å². The van der Waals surface area contributed by atoms with Gasteiger partial charge in [0, 0.05) is 60.5 Å². The summed E-state index contributed by atoms with van der Waals surface area (Å²) in [6.45, 7) is 2.74. The van der Waals surface area contributed by atoms with Crippen molar-refractivity contribution >= 4 is 17.0 Å². The minimum absolute atomic E-state index is 0.400. The molecule has 0 bridgehead atoms. The van der Waals surface area contributed by atoms with Crippen LogP contribution in [0.4, 0.5) is 5.69 Å². The van der Waals surface area contributed by atoms with Crippen LogP contribution in [0.25, 0.3) is 5.57 Å². The van der Waals surface area contributed by atoms with Crippen LogP contribution in [-0.4, -0.2) is 23.8 Å². The van der Waals surface area contributed by atoms with Gasteiger partial charge in [-0.25, -0.2) is 0 Å². The lowest BCUT2D eigenvalue weighted by atomic mass is 9.82. The quantitative estimate of drug-likeness (QED) is 0.583. The monoisotopic (exact) mass is 313 g/mol. The molecule has 3 rings (SSSR count). The first-order chi connectivity index (χ1) is 11.1. The molecule has 1 aromatic heterocycles. The predicted octanol–water partition coefficient (Wildman–Crippen LogP) is 2.74. The molecule has 1 aromatic rings. The van der Waals surface area contributed by atoms with E-state index < -0.39 is 0 Å². The minimum Gasteiger partial charge on any atom is -0.388 e. The number of nitrogens with zero attached hydrogens (tertiary/aromatic N) is 1. The van der Waals surface area contributed by atoms with Crippen LogP contribution in [0.1, 0.15) is 43.9 Å². The molecular formula is C18H27N5. The van der Waals surface area contributed by atoms with Crippen molar-refractivity contribution in [3.8, 4) is 0 Å². The summed E-state index contributed by atoms with van der Waals surface area (Å²) < 4.78 is 0. The van der Waals surface area contributed by atoms with Crippen molar-refractivity contribution in [3.63, 3.8) is 0 Å². The average molecular weight is 313 g/mol. The van der Waals surface area contributed by atoms with Crippen molar-refractivity contribution in [3.05, 3.63) is 29.7 Å². The molecule has 0 spiro atoms. The van der Waals surface area contributed by atoms with Gasteiger partial charge in [0.1, 0.15) is 0 Å². The van der Waals surface area contributed by atoms with E-state index in [1.807, 2.05) is 25.5 Å². The Balaban J connectivity index is 1.85. The summed E-state index contributed by atoms with van der Waals surface area (Å²) >= 11 is 0. The Labute approximate surface area is 138 Å². The second-order valence-electron chi connectivity index (χ2n) is 6.87. The first-order valence-corrected chi connectivity index (χ1v) is 8.54. The molecule has 1 heterocycles. The summed E-state index contributed by atoms with van der Waals surface area (Å²) in [5.74, 6) is 1.21. The van der Waals surface area contributed by atoms with Crippen molar-refractivity contribution in [1.82, 2.24) is 10.3 Å². The van der Waals surface area contributed by atoms with E-state index in [1.54, 1.807) is 0 Å². The fourth-order valence-electron chi connectivity index (χ4n) is 3.15. The van der Waals surface area contributed by atoms with Crippen LogP contribution >= 0.6 is 0 Å². The molecule has 5 N–H and O–H groups in total. The lowest BCUT2D eigenvalue weighted by Gasteiger charge is -2.33. The number of pyridine rings is 1. The number of nitrogens with one attached hydrogen (secondary N) is 3. The normalized spacial score (nSPS) is 24.0. The molecule has 0 amide bonds. The van der Waals surface area contributed by atoms with E-state index in [4.69, 9.17) is 11.1 Å². The fraction of sp³-hybridized carbons (Fsp3) is 0.556. The summed E-state index contributed by atoms with van der Waals surface area (Å²) in [6, 6.07) is 2.55. The molecule has 2 saturated carbocycles. The molecule has 5 heteroatoms. The van der Waals surface area contributed by atoms with Crippen LogP contribution in [0.2, 0.25) is 0 Å². The Kier molecular flexibility index (Phi) is 4.66. The SMILES string of the molecule is CNc1cc(/C(=C/NC2CC(C)C2)C(=N)C2CC2)ncc1CN. The van der Waals surface area contributed by atoms with Gasteiger partial charge in [-0.15, -0.1) is 0 Å². The Bertz CT molecular complexity index is 612. The zero-order valence-corrected chi connectivity index (χ0v) is 14.0. The van der Waals surface area contributed by atoms with Crippen molar-refractivity contribution in [2.45, 2.75) is 45.2 Å². The largest absolute Gasteiger partial charge is 0.388 e. The number of anilines is 1. The third-order valence-electron chi connectivity index (χ3n) is 4.86. The Morgan fingerprint density at radius 2 is 2.17 bits per heavy atom. The van der Waals surface area contributed by atoms with Crippen LogP contribution in [0, 0.1) is 17.2 Å². The van der Waals surface area contributed by atoms with E-state index >= 15 is 0 Å². The summed E-state index contributed by atoms with van der Waals surface area (Å²) in [7, 11) is 1.89. The summed E-state index contributed by atoms with van der Waals surface area (Å²) in [5, 5.41) is 15.2. The van der Waals surface area contributed by atoms with Gasteiger partial charge >= 0.3 is 0 Å². The summed E-state index contributed by atoms with van der Waals surface area (Å²) in [5.41, 5.74) is 10.2. The molecular weight excluding hydrogens is 286 g/mol. The van der Waals surface area contributed by atoms with Crippen molar-refractivity contribution in [2.75, 3.05) is 12.4 Å². The van der Waals surface area contributed by atoms with E-state index in [9.17, 15) is 0 Å². The molecule has 0 aromatic carbocycles. The molecule has 0 atom stereocenters. The second kappa shape index (κ2) is 6.71. The van der Waals surface area contributed by atoms with Gasteiger partial charge in [0.05, 0.1) is 5.69 Å². The number of nitrogens with two attached hydrogens (primary N) is 1. The molecule has 23 heavy (non-hydrogen) atoms. The predicted molar refractivity (Wildman–Crippen MR) is 95.4 cm³/mol. The molecule has 2 aliphatic rings. The highest BCUT2D eigenvalue weighted by Gasteiger charge is 2.30. The van der Waals surface area contributed by atoms with E-state index in [1.165, 1.54) is 12.8 Å². The van der Waals surface area contributed by atoms with E-state index in [-0.39, 0.29) is 0 Å². The van der Waals surface area contributed by atoms with Gasteiger partial charge < -0.3 is 21.8 Å². The maximum absolute atomic E-state index is 8.49. The number of aromatic nitrogens is 1.